The predicted molar refractivity (Wildman–Crippen MR) is 81.0 cm³/mol. The van der Waals surface area contributed by atoms with E-state index >= 15 is 0 Å². The quantitative estimate of drug-likeness (QED) is 0.813. The summed E-state index contributed by atoms with van der Waals surface area (Å²) in [7, 11) is 0. The van der Waals surface area contributed by atoms with Crippen LogP contribution in [0.3, 0.4) is 0 Å². The van der Waals surface area contributed by atoms with Gasteiger partial charge in [0.1, 0.15) is 0 Å². The van der Waals surface area contributed by atoms with Gasteiger partial charge >= 0.3 is 0 Å². The molecule has 112 valence electrons. The number of hydrogen-bond acceptors (Lipinski definition) is 4. The molecule has 0 atom stereocenters. The normalized spacial score (nSPS) is 10.4. The Morgan fingerprint density at radius 3 is 2.76 bits per heavy atom. The van der Waals surface area contributed by atoms with Crippen LogP contribution < -0.4 is 15.8 Å². The average molecular weight is 288 g/mol. The van der Waals surface area contributed by atoms with Gasteiger partial charge in [-0.25, -0.2) is 0 Å². The minimum atomic E-state index is -0.0848. The van der Waals surface area contributed by atoms with Crippen LogP contribution in [0, 0.1) is 0 Å². The molecule has 1 amide bonds. The number of rotatable bonds is 7. The highest BCUT2D eigenvalue weighted by Crippen LogP contribution is 2.11. The first-order chi connectivity index (χ1) is 10.2. The van der Waals surface area contributed by atoms with Crippen molar-refractivity contribution in [2.75, 3.05) is 11.9 Å². The summed E-state index contributed by atoms with van der Waals surface area (Å²) in [5.74, 6) is 0.593. The monoisotopic (exact) mass is 288 g/mol. The number of nitrogens with two attached hydrogens (primary N) is 1. The van der Waals surface area contributed by atoms with Gasteiger partial charge in [-0.05, 0) is 24.6 Å². The summed E-state index contributed by atoms with van der Waals surface area (Å²) in [6, 6.07) is 7.47. The summed E-state index contributed by atoms with van der Waals surface area (Å²) in [6.07, 6.45) is 3.74. The second kappa shape index (κ2) is 7.44. The maximum absolute atomic E-state index is 11.8. The number of amides is 1. The van der Waals surface area contributed by atoms with Gasteiger partial charge in [0.05, 0.1) is 25.4 Å². The summed E-state index contributed by atoms with van der Waals surface area (Å²) in [4.78, 5) is 11.8. The lowest BCUT2D eigenvalue weighted by atomic mass is 10.2. The van der Waals surface area contributed by atoms with Crippen LogP contribution in [0.5, 0.6) is 5.75 Å². The molecule has 1 aromatic carbocycles. The fraction of sp³-hybridized carbons (Fsp3) is 0.333. The molecule has 0 aliphatic rings. The first kappa shape index (κ1) is 15.1. The molecule has 0 spiro atoms. The molecule has 0 saturated carbocycles. The van der Waals surface area contributed by atoms with Crippen molar-refractivity contribution in [1.82, 2.24) is 9.78 Å². The first-order valence-corrected chi connectivity index (χ1v) is 6.95. The van der Waals surface area contributed by atoms with E-state index < -0.39 is 0 Å². The van der Waals surface area contributed by atoms with Crippen LogP contribution in [-0.2, 0) is 17.9 Å². The lowest BCUT2D eigenvalue weighted by molar-refractivity contribution is -0.116. The molecule has 0 aliphatic carbocycles. The van der Waals surface area contributed by atoms with Crippen LogP contribution in [0.4, 0.5) is 5.69 Å². The van der Waals surface area contributed by atoms with Crippen molar-refractivity contribution in [3.8, 4) is 5.75 Å². The number of nitrogens with zero attached hydrogens (tertiary/aromatic N) is 2. The van der Waals surface area contributed by atoms with Gasteiger partial charge in [0.2, 0.25) is 5.91 Å². The fourth-order valence-electron chi connectivity index (χ4n) is 1.80. The molecule has 0 unspecified atom stereocenters. The Morgan fingerprint density at radius 1 is 1.38 bits per heavy atom. The van der Waals surface area contributed by atoms with Crippen molar-refractivity contribution < 1.29 is 9.53 Å². The Labute approximate surface area is 123 Å². The summed E-state index contributed by atoms with van der Waals surface area (Å²) in [6.45, 7) is 3.61. The highest BCUT2D eigenvalue weighted by atomic mass is 16.5. The van der Waals surface area contributed by atoms with Crippen molar-refractivity contribution in [2.45, 2.75) is 26.4 Å². The average Bonchev–Trinajstić information content (AvgIpc) is 2.96. The number of aromatic nitrogens is 2. The molecule has 0 aliphatic heterocycles. The smallest absolute Gasteiger partial charge is 0.227 e. The van der Waals surface area contributed by atoms with Crippen LogP contribution in [-0.4, -0.2) is 22.3 Å². The SMILES string of the molecule is CCn1cc(OCCC(=O)Nc2ccc(CN)cc2)cn1. The Bertz CT molecular complexity index is 578. The lowest BCUT2D eigenvalue weighted by Crippen LogP contribution is -2.15. The topological polar surface area (TPSA) is 82.2 Å². The number of ether oxygens (including phenoxy) is 1. The Hall–Kier alpha value is -2.34. The van der Waals surface area contributed by atoms with Gasteiger partial charge in [-0.3, -0.25) is 9.48 Å². The molecule has 2 rings (SSSR count). The van der Waals surface area contributed by atoms with Crippen molar-refractivity contribution in [1.29, 1.82) is 0 Å². The lowest BCUT2D eigenvalue weighted by Gasteiger charge is -2.06. The van der Waals surface area contributed by atoms with Crippen molar-refractivity contribution in [3.05, 3.63) is 42.2 Å². The van der Waals surface area contributed by atoms with Crippen LogP contribution in [0.2, 0.25) is 0 Å². The van der Waals surface area contributed by atoms with E-state index in [0.29, 0.717) is 18.9 Å². The number of anilines is 1. The number of carbonyl (C=O) groups is 1. The first-order valence-electron chi connectivity index (χ1n) is 6.95. The standard InChI is InChI=1S/C15H20N4O2/c1-2-19-11-14(10-17-19)21-8-7-15(20)18-13-5-3-12(9-16)4-6-13/h3-6,10-11H,2,7-9,16H2,1H3,(H,18,20). The number of hydrogen-bond donors (Lipinski definition) is 2. The van der Waals surface area contributed by atoms with Crippen LogP contribution in [0.1, 0.15) is 18.9 Å². The third-order valence-electron chi connectivity index (χ3n) is 3.00. The Balaban J connectivity index is 1.73. The van der Waals surface area contributed by atoms with Gasteiger partial charge < -0.3 is 15.8 Å². The molecule has 0 saturated heterocycles. The molecule has 1 heterocycles. The molecule has 0 radical (unpaired) electrons. The third-order valence-corrected chi connectivity index (χ3v) is 3.00. The number of benzene rings is 1. The molecular weight excluding hydrogens is 268 g/mol. The van der Waals surface area contributed by atoms with E-state index in [0.717, 1.165) is 17.8 Å². The van der Waals surface area contributed by atoms with E-state index in [1.54, 1.807) is 10.9 Å². The van der Waals surface area contributed by atoms with Gasteiger partial charge in [0.25, 0.3) is 0 Å². The van der Waals surface area contributed by atoms with Gasteiger partial charge in [-0.15, -0.1) is 0 Å². The molecule has 0 fully saturated rings. The second-order valence-corrected chi connectivity index (χ2v) is 4.58. The van der Waals surface area contributed by atoms with E-state index in [2.05, 4.69) is 10.4 Å². The molecule has 0 bridgehead atoms. The highest BCUT2D eigenvalue weighted by Gasteiger charge is 2.04. The fourth-order valence-corrected chi connectivity index (χ4v) is 1.80. The van der Waals surface area contributed by atoms with E-state index in [9.17, 15) is 4.79 Å². The summed E-state index contributed by atoms with van der Waals surface area (Å²) in [5, 5.41) is 6.91. The Morgan fingerprint density at radius 2 is 2.14 bits per heavy atom. The zero-order valence-electron chi connectivity index (χ0n) is 12.1. The van der Waals surface area contributed by atoms with E-state index in [1.807, 2.05) is 37.4 Å². The van der Waals surface area contributed by atoms with Crippen molar-refractivity contribution >= 4 is 11.6 Å². The third kappa shape index (κ3) is 4.61. The van der Waals surface area contributed by atoms with Crippen molar-refractivity contribution in [3.63, 3.8) is 0 Å². The summed E-state index contributed by atoms with van der Waals surface area (Å²) in [5.41, 5.74) is 7.32. The maximum atomic E-state index is 11.8. The summed E-state index contributed by atoms with van der Waals surface area (Å²) >= 11 is 0. The minimum absolute atomic E-state index is 0.0848. The number of aryl methyl sites for hydroxylation is 1. The van der Waals surface area contributed by atoms with Crippen LogP contribution in [0.25, 0.3) is 0 Å². The molecule has 6 nitrogen and oxygen atoms in total. The van der Waals surface area contributed by atoms with Crippen LogP contribution in [0.15, 0.2) is 36.7 Å². The van der Waals surface area contributed by atoms with E-state index in [4.69, 9.17) is 10.5 Å². The zero-order chi connectivity index (χ0) is 15.1. The van der Waals surface area contributed by atoms with E-state index in [-0.39, 0.29) is 12.3 Å². The number of nitrogens with one attached hydrogen (secondary N) is 1. The van der Waals surface area contributed by atoms with Crippen molar-refractivity contribution in [2.24, 2.45) is 5.73 Å². The molecule has 6 heteroatoms. The van der Waals surface area contributed by atoms with Gasteiger partial charge in [0.15, 0.2) is 5.75 Å². The zero-order valence-corrected chi connectivity index (χ0v) is 12.1. The highest BCUT2D eigenvalue weighted by molar-refractivity contribution is 5.90. The molecule has 1 aromatic heterocycles. The minimum Gasteiger partial charge on any atom is -0.490 e. The summed E-state index contributed by atoms with van der Waals surface area (Å²) < 4.78 is 7.24. The van der Waals surface area contributed by atoms with Gasteiger partial charge in [0, 0.05) is 18.8 Å². The molecule has 21 heavy (non-hydrogen) atoms. The predicted octanol–water partition coefficient (Wildman–Crippen LogP) is 1.77. The van der Waals surface area contributed by atoms with Gasteiger partial charge in [-0.1, -0.05) is 12.1 Å². The number of carbonyl (C=O) groups excluding carboxylic acids is 1. The maximum Gasteiger partial charge on any atom is 0.227 e. The molecule has 3 N–H and O–H groups in total. The molecular formula is C15H20N4O2. The van der Waals surface area contributed by atoms with Crippen LogP contribution >= 0.6 is 0 Å². The van der Waals surface area contributed by atoms with Gasteiger partial charge in [-0.2, -0.15) is 5.10 Å². The second-order valence-electron chi connectivity index (χ2n) is 4.58. The Kier molecular flexibility index (Phi) is 5.34. The molecule has 2 aromatic rings. The largest absolute Gasteiger partial charge is 0.490 e. The van der Waals surface area contributed by atoms with E-state index in [1.165, 1.54) is 0 Å².